The lowest BCUT2D eigenvalue weighted by Gasteiger charge is -2.21. The zero-order valence-electron chi connectivity index (χ0n) is 11.6. The molecule has 118 valence electrons. The van der Waals surface area contributed by atoms with Crippen molar-refractivity contribution in [3.8, 4) is 0 Å². The number of anilines is 2. The van der Waals surface area contributed by atoms with Crippen molar-refractivity contribution < 1.29 is 16.8 Å². The highest BCUT2D eigenvalue weighted by atomic mass is 32.2. The van der Waals surface area contributed by atoms with Crippen molar-refractivity contribution >= 4 is 31.4 Å². The molecule has 2 unspecified atom stereocenters. The Labute approximate surface area is 125 Å². The van der Waals surface area contributed by atoms with E-state index < -0.39 is 25.3 Å². The third-order valence-corrected chi connectivity index (χ3v) is 5.66. The minimum atomic E-state index is -3.83. The molecule has 0 bridgehead atoms. The van der Waals surface area contributed by atoms with E-state index in [1.165, 1.54) is 6.26 Å². The van der Waals surface area contributed by atoms with E-state index in [0.717, 1.165) is 12.8 Å². The SMILES string of the molecule is CS(=O)(=O)C1CCCC1Nc1cccc(NS(N)(=O)=O)c1. The average Bonchev–Trinajstić information content (AvgIpc) is 2.74. The van der Waals surface area contributed by atoms with Gasteiger partial charge in [0, 0.05) is 18.0 Å². The van der Waals surface area contributed by atoms with Crippen LogP contribution < -0.4 is 15.2 Å². The first-order chi connectivity index (χ1) is 9.65. The number of sulfone groups is 1. The Balaban J connectivity index is 2.15. The molecule has 0 amide bonds. The van der Waals surface area contributed by atoms with Crippen molar-refractivity contribution in [2.24, 2.45) is 5.14 Å². The molecule has 1 aromatic rings. The molecule has 4 N–H and O–H groups in total. The lowest BCUT2D eigenvalue weighted by molar-refractivity contribution is 0.579. The second-order valence-corrected chi connectivity index (χ2v) is 8.84. The molecule has 9 heteroatoms. The van der Waals surface area contributed by atoms with Crippen LogP contribution in [-0.2, 0) is 20.0 Å². The van der Waals surface area contributed by atoms with Gasteiger partial charge in [0.05, 0.1) is 10.9 Å². The van der Waals surface area contributed by atoms with E-state index in [-0.39, 0.29) is 6.04 Å². The number of nitrogens with one attached hydrogen (secondary N) is 2. The van der Waals surface area contributed by atoms with Crippen LogP contribution in [0.5, 0.6) is 0 Å². The van der Waals surface area contributed by atoms with Gasteiger partial charge in [-0.25, -0.2) is 13.6 Å². The molecule has 0 saturated heterocycles. The molecule has 2 rings (SSSR count). The quantitative estimate of drug-likeness (QED) is 0.732. The monoisotopic (exact) mass is 333 g/mol. The van der Waals surface area contributed by atoms with Crippen molar-refractivity contribution in [3.05, 3.63) is 24.3 Å². The molecule has 1 aliphatic carbocycles. The molecule has 1 aliphatic rings. The van der Waals surface area contributed by atoms with E-state index in [9.17, 15) is 16.8 Å². The van der Waals surface area contributed by atoms with E-state index in [0.29, 0.717) is 17.8 Å². The van der Waals surface area contributed by atoms with E-state index in [1.807, 2.05) is 0 Å². The standard InChI is InChI=1S/C12H19N3O4S2/c1-20(16,17)12-7-3-6-11(12)14-9-4-2-5-10(8-9)15-21(13,18)19/h2,4-5,8,11-12,14-15H,3,6-7H2,1H3,(H2,13,18,19). The fraction of sp³-hybridized carbons (Fsp3) is 0.500. The Morgan fingerprint density at radius 1 is 1.14 bits per heavy atom. The van der Waals surface area contributed by atoms with E-state index in [4.69, 9.17) is 5.14 Å². The zero-order valence-corrected chi connectivity index (χ0v) is 13.2. The molecule has 1 fully saturated rings. The van der Waals surface area contributed by atoms with Gasteiger partial charge in [-0.1, -0.05) is 6.07 Å². The Bertz CT molecular complexity index is 716. The number of hydrogen-bond donors (Lipinski definition) is 3. The molecule has 1 aromatic carbocycles. The van der Waals surface area contributed by atoms with Crippen LogP contribution in [0.3, 0.4) is 0 Å². The number of hydrogen-bond acceptors (Lipinski definition) is 5. The number of rotatable bonds is 5. The summed E-state index contributed by atoms with van der Waals surface area (Å²) in [5, 5.41) is 7.68. The predicted molar refractivity (Wildman–Crippen MR) is 83.1 cm³/mol. The smallest absolute Gasteiger partial charge is 0.296 e. The number of benzene rings is 1. The highest BCUT2D eigenvalue weighted by molar-refractivity contribution is 7.91. The molecule has 0 aromatic heterocycles. The first kappa shape index (κ1) is 16.1. The van der Waals surface area contributed by atoms with Crippen LogP contribution in [0.4, 0.5) is 11.4 Å². The van der Waals surface area contributed by atoms with Crippen LogP contribution in [0.1, 0.15) is 19.3 Å². The highest BCUT2D eigenvalue weighted by Crippen LogP contribution is 2.28. The van der Waals surface area contributed by atoms with Crippen molar-refractivity contribution in [2.45, 2.75) is 30.6 Å². The Kier molecular flexibility index (Phi) is 4.45. The minimum absolute atomic E-state index is 0.162. The molecule has 0 aliphatic heterocycles. The summed E-state index contributed by atoms with van der Waals surface area (Å²) in [6.45, 7) is 0. The van der Waals surface area contributed by atoms with Gasteiger partial charge in [0.1, 0.15) is 0 Å². The van der Waals surface area contributed by atoms with Gasteiger partial charge in [-0.05, 0) is 37.5 Å². The van der Waals surface area contributed by atoms with Gasteiger partial charge >= 0.3 is 0 Å². The lowest BCUT2D eigenvalue weighted by atomic mass is 10.2. The summed E-state index contributed by atoms with van der Waals surface area (Å²) in [5.41, 5.74) is 0.987. The molecular weight excluding hydrogens is 314 g/mol. The fourth-order valence-electron chi connectivity index (χ4n) is 2.65. The predicted octanol–water partition coefficient (Wildman–Crippen LogP) is 0.680. The summed E-state index contributed by atoms with van der Waals surface area (Å²) in [5.74, 6) is 0. The second kappa shape index (κ2) is 5.82. The van der Waals surface area contributed by atoms with Crippen LogP contribution in [0, 0.1) is 0 Å². The topological polar surface area (TPSA) is 118 Å². The molecule has 2 atom stereocenters. The summed E-state index contributed by atoms with van der Waals surface area (Å²) in [6.07, 6.45) is 3.51. The van der Waals surface area contributed by atoms with Gasteiger partial charge < -0.3 is 5.32 Å². The molecule has 7 nitrogen and oxygen atoms in total. The van der Waals surface area contributed by atoms with Crippen molar-refractivity contribution in [3.63, 3.8) is 0 Å². The molecule has 21 heavy (non-hydrogen) atoms. The van der Waals surface area contributed by atoms with Crippen molar-refractivity contribution in [2.75, 3.05) is 16.3 Å². The van der Waals surface area contributed by atoms with Crippen LogP contribution in [-0.4, -0.2) is 34.4 Å². The van der Waals surface area contributed by atoms with Gasteiger partial charge in [-0.3, -0.25) is 4.72 Å². The normalized spacial score (nSPS) is 23.0. The van der Waals surface area contributed by atoms with E-state index >= 15 is 0 Å². The minimum Gasteiger partial charge on any atom is -0.381 e. The molecule has 0 radical (unpaired) electrons. The fourth-order valence-corrected chi connectivity index (χ4v) is 4.51. The summed E-state index contributed by atoms with van der Waals surface area (Å²) in [7, 11) is -6.93. The van der Waals surface area contributed by atoms with Crippen LogP contribution in [0.25, 0.3) is 0 Å². The molecule has 0 heterocycles. The Morgan fingerprint density at radius 2 is 1.81 bits per heavy atom. The summed E-state index contributed by atoms with van der Waals surface area (Å²) in [4.78, 5) is 0. The zero-order chi connectivity index (χ0) is 15.7. The third-order valence-electron chi connectivity index (χ3n) is 3.48. The summed E-state index contributed by atoms with van der Waals surface area (Å²) >= 11 is 0. The average molecular weight is 333 g/mol. The Morgan fingerprint density at radius 3 is 2.43 bits per heavy atom. The maximum absolute atomic E-state index is 11.7. The maximum Gasteiger partial charge on any atom is 0.296 e. The summed E-state index contributed by atoms with van der Waals surface area (Å²) < 4.78 is 47.7. The van der Waals surface area contributed by atoms with Gasteiger partial charge in [0.15, 0.2) is 9.84 Å². The first-order valence-electron chi connectivity index (χ1n) is 6.51. The largest absolute Gasteiger partial charge is 0.381 e. The van der Waals surface area contributed by atoms with Crippen molar-refractivity contribution in [1.29, 1.82) is 0 Å². The number of nitrogens with two attached hydrogens (primary N) is 1. The lowest BCUT2D eigenvalue weighted by Crippen LogP contribution is -2.34. The molecular formula is C12H19N3O4S2. The van der Waals surface area contributed by atoms with Gasteiger partial charge in [-0.2, -0.15) is 8.42 Å². The molecule has 0 spiro atoms. The van der Waals surface area contributed by atoms with Crippen LogP contribution in [0.15, 0.2) is 24.3 Å². The highest BCUT2D eigenvalue weighted by Gasteiger charge is 2.34. The van der Waals surface area contributed by atoms with Crippen LogP contribution >= 0.6 is 0 Å². The van der Waals surface area contributed by atoms with Crippen molar-refractivity contribution in [1.82, 2.24) is 0 Å². The molecule has 1 saturated carbocycles. The third kappa shape index (κ3) is 4.58. The van der Waals surface area contributed by atoms with Crippen LogP contribution in [0.2, 0.25) is 0 Å². The maximum atomic E-state index is 11.7. The van der Waals surface area contributed by atoms with Gasteiger partial charge in [0.25, 0.3) is 10.2 Å². The first-order valence-corrected chi connectivity index (χ1v) is 10.0. The summed E-state index contributed by atoms with van der Waals surface area (Å²) in [6, 6.07) is 6.41. The van der Waals surface area contributed by atoms with Gasteiger partial charge in [-0.15, -0.1) is 0 Å². The second-order valence-electron chi connectivity index (χ2n) is 5.28. The van der Waals surface area contributed by atoms with E-state index in [1.54, 1.807) is 24.3 Å². The Hall–Kier alpha value is -1.32. The van der Waals surface area contributed by atoms with E-state index in [2.05, 4.69) is 10.0 Å². The van der Waals surface area contributed by atoms with Gasteiger partial charge in [0.2, 0.25) is 0 Å².